The fourth-order valence-corrected chi connectivity index (χ4v) is 2.56. The van der Waals surface area contributed by atoms with Crippen molar-refractivity contribution in [3.63, 3.8) is 0 Å². The average Bonchev–Trinajstić information content (AvgIpc) is 2.28. The molecular weight excluding hydrogens is 291 g/mol. The molecule has 1 rings (SSSR count). The number of rotatable bonds is 2. The molecule has 0 aliphatic carbocycles. The van der Waals surface area contributed by atoms with Crippen molar-refractivity contribution in [1.29, 1.82) is 0 Å². The highest BCUT2D eigenvalue weighted by Gasteiger charge is 2.31. The Morgan fingerprint density at radius 2 is 1.17 bits per heavy atom. The van der Waals surface area contributed by atoms with E-state index in [2.05, 4.69) is 0 Å². The van der Waals surface area contributed by atoms with Crippen molar-refractivity contribution in [1.82, 2.24) is 0 Å². The van der Waals surface area contributed by atoms with Crippen LogP contribution in [0, 0.1) is 34.5 Å². The lowest BCUT2D eigenvalue weighted by atomic mass is 10.00. The van der Waals surface area contributed by atoms with Crippen LogP contribution in [0.2, 0.25) is 0 Å². The monoisotopic (exact) mass is 300 g/mol. The molecule has 0 saturated carbocycles. The molecule has 0 heterocycles. The van der Waals surface area contributed by atoms with Crippen LogP contribution in [0.5, 0.6) is 0 Å². The first-order chi connectivity index (χ1) is 8.07. The number of halogens is 6. The van der Waals surface area contributed by atoms with E-state index >= 15 is 0 Å². The minimum absolute atomic E-state index is 0.514. The summed E-state index contributed by atoms with van der Waals surface area (Å²) >= 11 is 5.92. The molecule has 0 fully saturated rings. The quantitative estimate of drug-likeness (QED) is 0.258. The van der Waals surface area contributed by atoms with Gasteiger partial charge in [-0.15, -0.1) is 11.6 Å². The Bertz CT molecular complexity index is 440. The van der Waals surface area contributed by atoms with Crippen LogP contribution < -0.4 is 5.19 Å². The first-order valence-electron chi connectivity index (χ1n) is 4.99. The van der Waals surface area contributed by atoms with Crippen molar-refractivity contribution in [2.24, 2.45) is 5.41 Å². The maximum atomic E-state index is 13.4. The Hall–Kier alpha value is -0.623. The summed E-state index contributed by atoms with van der Waals surface area (Å²) in [5.74, 6) is -9.64. The minimum Gasteiger partial charge on any atom is -0.204 e. The molecule has 1 aromatic rings. The van der Waals surface area contributed by atoms with Crippen LogP contribution in [0.25, 0.3) is 0 Å². The molecule has 1 atom stereocenters. The third-order valence-corrected chi connectivity index (χ3v) is 5.07. The van der Waals surface area contributed by atoms with Crippen LogP contribution in [-0.4, -0.2) is 14.5 Å². The number of hydrogen-bond donors (Lipinski definition) is 0. The second kappa shape index (κ2) is 5.17. The van der Waals surface area contributed by atoms with Crippen molar-refractivity contribution in [3.05, 3.63) is 29.1 Å². The largest absolute Gasteiger partial charge is 0.204 e. The SMILES string of the molecule is CC(C)(C)C(Cl)[Si]c1c(F)c(F)c(F)c(F)c1F. The van der Waals surface area contributed by atoms with E-state index in [-0.39, 0.29) is 0 Å². The molecule has 0 aliphatic heterocycles. The van der Waals surface area contributed by atoms with Crippen molar-refractivity contribution >= 4 is 26.3 Å². The molecule has 0 nitrogen and oxygen atoms in total. The number of hydrogen-bond acceptors (Lipinski definition) is 0. The predicted molar refractivity (Wildman–Crippen MR) is 60.7 cm³/mol. The summed E-state index contributed by atoms with van der Waals surface area (Å²) in [6, 6.07) is 0. The summed E-state index contributed by atoms with van der Waals surface area (Å²) < 4.78 is 65.5. The van der Waals surface area contributed by atoms with Crippen molar-refractivity contribution in [2.75, 3.05) is 0 Å². The average molecular weight is 301 g/mol. The van der Waals surface area contributed by atoms with E-state index in [0.29, 0.717) is 0 Å². The molecule has 0 saturated heterocycles. The summed E-state index contributed by atoms with van der Waals surface area (Å²) in [5, 5.41) is -1.58. The molecule has 0 aliphatic rings. The van der Waals surface area contributed by atoms with Gasteiger partial charge in [0.25, 0.3) is 0 Å². The normalized spacial score (nSPS) is 13.8. The predicted octanol–water partition coefficient (Wildman–Crippen LogP) is 3.32. The lowest BCUT2D eigenvalue weighted by Crippen LogP contribution is -2.38. The van der Waals surface area contributed by atoms with Crippen molar-refractivity contribution < 1.29 is 22.0 Å². The van der Waals surface area contributed by atoms with Gasteiger partial charge in [0.1, 0.15) is 9.52 Å². The third-order valence-electron chi connectivity index (χ3n) is 2.24. The summed E-state index contributed by atoms with van der Waals surface area (Å²) in [6.07, 6.45) is 0. The van der Waals surface area contributed by atoms with Gasteiger partial charge in [-0.05, 0) is 5.41 Å². The molecule has 0 bridgehead atoms. The van der Waals surface area contributed by atoms with Crippen LogP contribution in [0.15, 0.2) is 0 Å². The van der Waals surface area contributed by atoms with Gasteiger partial charge in [-0.25, -0.2) is 22.0 Å². The molecule has 0 aromatic heterocycles. The van der Waals surface area contributed by atoms with Crippen LogP contribution in [0.3, 0.4) is 0 Å². The standard InChI is InChI=1S/C11H10ClF5Si/c1-11(2,3)10(12)18-9-7(16)5(14)4(13)6(15)8(9)17/h10H,1-3H3. The van der Waals surface area contributed by atoms with Crippen molar-refractivity contribution in [2.45, 2.75) is 25.8 Å². The molecule has 1 unspecified atom stereocenters. The van der Waals surface area contributed by atoms with Crippen LogP contribution >= 0.6 is 11.6 Å². The van der Waals surface area contributed by atoms with E-state index in [0.717, 1.165) is 0 Å². The highest BCUT2D eigenvalue weighted by atomic mass is 35.5. The zero-order valence-electron chi connectivity index (χ0n) is 9.85. The first-order valence-corrected chi connectivity index (χ1v) is 6.50. The van der Waals surface area contributed by atoms with Gasteiger partial charge in [-0.2, -0.15) is 0 Å². The van der Waals surface area contributed by atoms with Gasteiger partial charge in [0.05, 0.1) is 0 Å². The van der Waals surface area contributed by atoms with Gasteiger partial charge in [0.15, 0.2) is 23.3 Å². The molecule has 0 amide bonds. The van der Waals surface area contributed by atoms with E-state index in [1.807, 2.05) is 0 Å². The number of alkyl halides is 1. The first kappa shape index (κ1) is 15.4. The topological polar surface area (TPSA) is 0 Å². The molecule has 18 heavy (non-hydrogen) atoms. The van der Waals surface area contributed by atoms with Crippen molar-refractivity contribution in [3.8, 4) is 0 Å². The molecule has 100 valence electrons. The van der Waals surface area contributed by atoms with Gasteiger partial charge in [0, 0.05) is 10.2 Å². The van der Waals surface area contributed by atoms with E-state index in [1.165, 1.54) is 0 Å². The fourth-order valence-electron chi connectivity index (χ4n) is 1.07. The second-order valence-electron chi connectivity index (χ2n) is 4.82. The zero-order valence-corrected chi connectivity index (χ0v) is 11.6. The third kappa shape index (κ3) is 2.85. The van der Waals surface area contributed by atoms with Gasteiger partial charge in [0.2, 0.25) is 5.82 Å². The van der Waals surface area contributed by atoms with Gasteiger partial charge >= 0.3 is 0 Å². The Balaban J connectivity index is 3.26. The Morgan fingerprint density at radius 3 is 1.50 bits per heavy atom. The lowest BCUT2D eigenvalue weighted by molar-refractivity contribution is 0.383. The van der Waals surface area contributed by atoms with Crippen LogP contribution in [0.1, 0.15) is 20.8 Å². The summed E-state index contributed by atoms with van der Waals surface area (Å²) in [7, 11) is -0.715. The smallest absolute Gasteiger partial charge is 0.200 e. The highest BCUT2D eigenvalue weighted by Crippen LogP contribution is 2.24. The Kier molecular flexibility index (Phi) is 4.43. The minimum atomic E-state index is -2.15. The maximum Gasteiger partial charge on any atom is 0.200 e. The van der Waals surface area contributed by atoms with Gasteiger partial charge in [-0.3, -0.25) is 0 Å². The maximum absolute atomic E-state index is 13.4. The molecule has 2 radical (unpaired) electrons. The van der Waals surface area contributed by atoms with Gasteiger partial charge in [-0.1, -0.05) is 20.8 Å². The summed E-state index contributed by atoms with van der Waals surface area (Å²) in [5.41, 5.74) is -0.514. The Morgan fingerprint density at radius 1 is 0.833 bits per heavy atom. The van der Waals surface area contributed by atoms with E-state index in [1.54, 1.807) is 20.8 Å². The Labute approximate surface area is 109 Å². The summed E-state index contributed by atoms with van der Waals surface area (Å²) in [4.78, 5) is 0. The molecule has 0 N–H and O–H groups in total. The molecule has 7 heteroatoms. The van der Waals surface area contributed by atoms with E-state index in [4.69, 9.17) is 11.6 Å². The van der Waals surface area contributed by atoms with E-state index < -0.39 is 54.2 Å². The zero-order chi connectivity index (χ0) is 14.2. The second-order valence-corrected chi connectivity index (χ2v) is 6.99. The number of benzene rings is 1. The molecular formula is C11H10ClF5Si. The lowest BCUT2D eigenvalue weighted by Gasteiger charge is -2.24. The summed E-state index contributed by atoms with van der Waals surface area (Å²) in [6.45, 7) is 5.14. The highest BCUT2D eigenvalue weighted by molar-refractivity contribution is 6.65. The van der Waals surface area contributed by atoms with E-state index in [9.17, 15) is 22.0 Å². The van der Waals surface area contributed by atoms with Gasteiger partial charge < -0.3 is 0 Å². The molecule has 1 aromatic carbocycles. The van der Waals surface area contributed by atoms with Crippen LogP contribution in [0.4, 0.5) is 22.0 Å². The van der Waals surface area contributed by atoms with Crippen LogP contribution in [-0.2, 0) is 0 Å². The fraction of sp³-hybridized carbons (Fsp3) is 0.455. The molecule has 0 spiro atoms.